The van der Waals surface area contributed by atoms with Crippen molar-refractivity contribution in [3.63, 3.8) is 0 Å². The standard InChI is InChI=1S/C18H13F3N2O3.C6H4/c1-9(24)13-15(25)12-6-3-7-22-17(12)23(18(13)26)11-5-2-4-10(8-11)14(19)16(20)21;1-2-5-4-6(5)3-1/h2-8,14,16,25H,1H3;1-4H. The highest BCUT2D eigenvalue weighted by atomic mass is 19.3. The molecule has 5 rings (SSSR count). The predicted octanol–water partition coefficient (Wildman–Crippen LogP) is 5.24. The van der Waals surface area contributed by atoms with Crippen LogP contribution >= 0.6 is 0 Å². The second-order valence-electron chi connectivity index (χ2n) is 7.21. The van der Waals surface area contributed by atoms with Crippen molar-refractivity contribution in [3.8, 4) is 22.6 Å². The molecule has 2 heterocycles. The van der Waals surface area contributed by atoms with Gasteiger partial charge in [-0.3, -0.25) is 14.2 Å². The Kier molecular flexibility index (Phi) is 5.52. The van der Waals surface area contributed by atoms with Gasteiger partial charge in [0.05, 0.1) is 11.1 Å². The van der Waals surface area contributed by atoms with Crippen molar-refractivity contribution < 1.29 is 23.1 Å². The van der Waals surface area contributed by atoms with Crippen LogP contribution in [0.3, 0.4) is 0 Å². The zero-order chi connectivity index (χ0) is 23.0. The summed E-state index contributed by atoms with van der Waals surface area (Å²) < 4.78 is 40.0. The Hall–Kier alpha value is -3.94. The van der Waals surface area contributed by atoms with Crippen LogP contribution in [-0.2, 0) is 0 Å². The van der Waals surface area contributed by atoms with Gasteiger partial charge in [0, 0.05) is 6.20 Å². The number of nitrogens with zero attached hydrogens (tertiary/aromatic N) is 2. The number of alkyl halides is 3. The van der Waals surface area contributed by atoms with E-state index in [1.54, 1.807) is 0 Å². The van der Waals surface area contributed by atoms with Crippen LogP contribution in [0, 0.1) is 0 Å². The van der Waals surface area contributed by atoms with Crippen LogP contribution in [0.2, 0.25) is 0 Å². The smallest absolute Gasteiger partial charge is 0.273 e. The average Bonchev–Trinajstić information content (AvgIpc) is 3.38. The molecule has 5 nitrogen and oxygen atoms in total. The van der Waals surface area contributed by atoms with E-state index >= 15 is 0 Å². The molecule has 0 saturated carbocycles. The fourth-order valence-corrected chi connectivity index (χ4v) is 3.42. The van der Waals surface area contributed by atoms with E-state index in [0.717, 1.165) is 17.6 Å². The number of hydrogen-bond donors (Lipinski definition) is 1. The molecular formula is C24H17F3N2O3. The van der Waals surface area contributed by atoms with Gasteiger partial charge in [0.2, 0.25) is 0 Å². The zero-order valence-corrected chi connectivity index (χ0v) is 16.8. The third-order valence-corrected chi connectivity index (χ3v) is 5.04. The van der Waals surface area contributed by atoms with Crippen LogP contribution in [-0.4, -0.2) is 26.9 Å². The lowest BCUT2D eigenvalue weighted by atomic mass is 10.1. The first kappa shape index (κ1) is 21.3. The second kappa shape index (κ2) is 8.30. The summed E-state index contributed by atoms with van der Waals surface area (Å²) in [5, 5.41) is 10.4. The molecule has 3 aromatic rings. The number of halogens is 3. The number of carbonyl (C=O) groups excluding carboxylic acids is 1. The number of benzene rings is 2. The first-order chi connectivity index (χ1) is 15.3. The quantitative estimate of drug-likeness (QED) is 0.390. The van der Waals surface area contributed by atoms with Gasteiger partial charge in [-0.1, -0.05) is 30.3 Å². The number of fused-ring (bicyclic) bond motifs is 2. The van der Waals surface area contributed by atoms with Crippen molar-refractivity contribution >= 4 is 16.8 Å². The van der Waals surface area contributed by atoms with E-state index < -0.39 is 35.3 Å². The predicted molar refractivity (Wildman–Crippen MR) is 114 cm³/mol. The molecule has 8 heteroatoms. The third-order valence-electron chi connectivity index (χ3n) is 5.04. The Morgan fingerprint density at radius 3 is 2.25 bits per heavy atom. The minimum Gasteiger partial charge on any atom is -0.506 e. The minimum atomic E-state index is -3.22. The maximum absolute atomic E-state index is 13.7. The Bertz CT molecular complexity index is 1380. The number of aromatic hydroxyl groups is 1. The van der Waals surface area contributed by atoms with Gasteiger partial charge in [-0.05, 0) is 53.9 Å². The molecule has 1 aromatic carbocycles. The molecule has 32 heavy (non-hydrogen) atoms. The Labute approximate surface area is 180 Å². The van der Waals surface area contributed by atoms with Gasteiger partial charge < -0.3 is 5.11 Å². The van der Waals surface area contributed by atoms with Gasteiger partial charge in [-0.15, -0.1) is 0 Å². The van der Waals surface area contributed by atoms with Crippen molar-refractivity contribution in [1.29, 1.82) is 0 Å². The minimum absolute atomic E-state index is 0.0182. The molecule has 2 aromatic heterocycles. The van der Waals surface area contributed by atoms with E-state index in [0.29, 0.717) is 0 Å². The van der Waals surface area contributed by atoms with Crippen molar-refractivity contribution in [2.24, 2.45) is 0 Å². The first-order valence-electron chi connectivity index (χ1n) is 9.66. The summed E-state index contributed by atoms with van der Waals surface area (Å²) in [6, 6.07) is 16.4. The Balaban J connectivity index is 0.000000346. The first-order valence-corrected chi connectivity index (χ1v) is 9.66. The average molecular weight is 438 g/mol. The molecule has 0 bridgehead atoms. The lowest BCUT2D eigenvalue weighted by molar-refractivity contribution is 0.0496. The second-order valence-corrected chi connectivity index (χ2v) is 7.21. The molecule has 0 aliphatic heterocycles. The number of ketones is 1. The maximum Gasteiger partial charge on any atom is 0.273 e. The van der Waals surface area contributed by atoms with Crippen molar-refractivity contribution in [3.05, 3.63) is 88.3 Å². The number of pyridine rings is 2. The van der Waals surface area contributed by atoms with Crippen molar-refractivity contribution in [2.45, 2.75) is 19.5 Å². The molecule has 2 aliphatic rings. The van der Waals surface area contributed by atoms with Crippen LogP contribution in [0.1, 0.15) is 29.0 Å². The molecule has 0 spiro atoms. The highest BCUT2D eigenvalue weighted by Gasteiger charge is 2.24. The summed E-state index contributed by atoms with van der Waals surface area (Å²) in [5.74, 6) is -1.17. The summed E-state index contributed by atoms with van der Waals surface area (Å²) in [7, 11) is 0. The topological polar surface area (TPSA) is 72.2 Å². The summed E-state index contributed by atoms with van der Waals surface area (Å²) in [4.78, 5) is 28.6. The number of aromatic nitrogens is 2. The fourth-order valence-electron chi connectivity index (χ4n) is 3.42. The Morgan fingerprint density at radius 2 is 1.69 bits per heavy atom. The van der Waals surface area contributed by atoms with Crippen molar-refractivity contribution in [2.75, 3.05) is 0 Å². The molecule has 0 saturated heterocycles. The SMILES string of the molecule is CC(=O)c1c(O)c2cccnc2n(-c2cccc(C(F)C(F)F)c2)c1=O.c1cc2cc-2c1. The number of hydrogen-bond acceptors (Lipinski definition) is 4. The molecule has 0 amide bonds. The van der Waals surface area contributed by atoms with Crippen LogP contribution < -0.4 is 5.56 Å². The van der Waals surface area contributed by atoms with Gasteiger partial charge in [0.1, 0.15) is 11.3 Å². The van der Waals surface area contributed by atoms with Gasteiger partial charge in [-0.25, -0.2) is 18.2 Å². The molecule has 1 unspecified atom stereocenters. The van der Waals surface area contributed by atoms with E-state index in [9.17, 15) is 27.9 Å². The summed E-state index contributed by atoms with van der Waals surface area (Å²) in [6.45, 7) is 1.12. The van der Waals surface area contributed by atoms with E-state index in [1.807, 2.05) is 0 Å². The van der Waals surface area contributed by atoms with Gasteiger partial charge >= 0.3 is 0 Å². The van der Waals surface area contributed by atoms with Crippen LogP contribution in [0.5, 0.6) is 5.75 Å². The zero-order valence-electron chi connectivity index (χ0n) is 16.8. The van der Waals surface area contributed by atoms with Gasteiger partial charge in [0.25, 0.3) is 12.0 Å². The Morgan fingerprint density at radius 1 is 1.00 bits per heavy atom. The summed E-state index contributed by atoms with van der Waals surface area (Å²) in [5.41, 5.74) is 1.29. The lowest BCUT2D eigenvalue weighted by Gasteiger charge is -2.15. The normalized spacial score (nSPS) is 12.3. The molecule has 0 radical (unpaired) electrons. The number of rotatable bonds is 4. The molecule has 1 N–H and O–H groups in total. The van der Waals surface area contributed by atoms with Crippen molar-refractivity contribution in [1.82, 2.24) is 9.55 Å². The van der Waals surface area contributed by atoms with E-state index in [-0.39, 0.29) is 22.3 Å². The number of carbonyl (C=O) groups is 1. The molecule has 2 aliphatic carbocycles. The summed E-state index contributed by atoms with van der Waals surface area (Å²) in [6.07, 6.45) is -4.37. The lowest BCUT2D eigenvalue weighted by Crippen LogP contribution is -2.25. The van der Waals surface area contributed by atoms with Gasteiger partial charge in [0.15, 0.2) is 17.6 Å². The van der Waals surface area contributed by atoms with E-state index in [2.05, 4.69) is 29.2 Å². The molecule has 162 valence electrons. The van der Waals surface area contributed by atoms with Crippen LogP contribution in [0.4, 0.5) is 13.2 Å². The maximum atomic E-state index is 13.7. The molecule has 0 fully saturated rings. The van der Waals surface area contributed by atoms with Gasteiger partial charge in [-0.2, -0.15) is 0 Å². The highest BCUT2D eigenvalue weighted by molar-refractivity contribution is 6.01. The van der Waals surface area contributed by atoms with E-state index in [4.69, 9.17) is 0 Å². The van der Waals surface area contributed by atoms with Crippen LogP contribution in [0.25, 0.3) is 27.8 Å². The number of Topliss-reactive ketones (excluding diaryl/α,β-unsaturated/α-hetero) is 1. The van der Waals surface area contributed by atoms with E-state index in [1.165, 1.54) is 47.7 Å². The fraction of sp³-hybridized carbons (Fsp3) is 0.125. The monoisotopic (exact) mass is 438 g/mol. The third kappa shape index (κ3) is 3.87. The highest BCUT2D eigenvalue weighted by Crippen LogP contribution is 2.33. The molecule has 1 atom stereocenters. The molecular weight excluding hydrogens is 421 g/mol. The summed E-state index contributed by atoms with van der Waals surface area (Å²) >= 11 is 0. The largest absolute Gasteiger partial charge is 0.506 e. The van der Waals surface area contributed by atoms with Crippen LogP contribution in [0.15, 0.2) is 71.7 Å².